The highest BCUT2D eigenvalue weighted by Gasteiger charge is 2.47. The van der Waals surface area contributed by atoms with Gasteiger partial charge >= 0.3 is 6.03 Å². The average molecular weight is 503 g/mol. The van der Waals surface area contributed by atoms with E-state index < -0.39 is 17.4 Å². The predicted molar refractivity (Wildman–Crippen MR) is 137 cm³/mol. The summed E-state index contributed by atoms with van der Waals surface area (Å²) in [6.07, 6.45) is 3.49. The Morgan fingerprint density at radius 2 is 1.97 bits per heavy atom. The number of rotatable bonds is 5. The number of amides is 3. The fourth-order valence-electron chi connectivity index (χ4n) is 5.20. The number of benzene rings is 2. The zero-order valence-corrected chi connectivity index (χ0v) is 20.5. The molecule has 1 fully saturated rings. The molecule has 2 unspecified atom stereocenters. The smallest absolute Gasteiger partial charge is 0.327 e. The van der Waals surface area contributed by atoms with E-state index in [0.717, 1.165) is 46.1 Å². The van der Waals surface area contributed by atoms with Gasteiger partial charge in [-0.3, -0.25) is 9.69 Å². The third kappa shape index (κ3) is 3.98. The summed E-state index contributed by atoms with van der Waals surface area (Å²) in [6.45, 7) is 1.94. The molecule has 1 saturated carbocycles. The lowest BCUT2D eigenvalue weighted by Gasteiger charge is -2.35. The first-order chi connectivity index (χ1) is 17.5. The molecule has 6 rings (SSSR count). The van der Waals surface area contributed by atoms with Gasteiger partial charge in [0.25, 0.3) is 0 Å². The number of urea groups is 1. The van der Waals surface area contributed by atoms with Gasteiger partial charge in [0.05, 0.1) is 29.6 Å². The number of nitrogens with zero attached hydrogens (tertiary/aromatic N) is 2. The maximum absolute atomic E-state index is 13.4. The number of aryl methyl sites for hydroxylation is 1. The number of aliphatic hydroxyl groups is 1. The van der Waals surface area contributed by atoms with Gasteiger partial charge in [0.2, 0.25) is 5.91 Å². The summed E-state index contributed by atoms with van der Waals surface area (Å²) < 4.78 is 5.95. The first-order valence-electron chi connectivity index (χ1n) is 12.1. The van der Waals surface area contributed by atoms with Crippen LogP contribution in [0.1, 0.15) is 36.4 Å². The van der Waals surface area contributed by atoms with Gasteiger partial charge in [-0.25, -0.2) is 9.78 Å². The van der Waals surface area contributed by atoms with E-state index in [0.29, 0.717) is 12.2 Å². The zero-order valence-electron chi connectivity index (χ0n) is 19.7. The number of hydrogen-bond donors (Lipinski definition) is 3. The molecule has 184 valence electrons. The third-order valence-electron chi connectivity index (χ3n) is 6.96. The summed E-state index contributed by atoms with van der Waals surface area (Å²) in [6, 6.07) is 15.9. The molecule has 2 aromatic carbocycles. The van der Waals surface area contributed by atoms with E-state index in [-0.39, 0.29) is 18.0 Å². The maximum atomic E-state index is 13.4. The molecule has 1 aromatic heterocycles. The van der Waals surface area contributed by atoms with Gasteiger partial charge in [0.15, 0.2) is 0 Å². The maximum Gasteiger partial charge on any atom is 0.327 e. The minimum atomic E-state index is -0.546. The van der Waals surface area contributed by atoms with Crippen LogP contribution in [-0.4, -0.2) is 39.4 Å². The minimum absolute atomic E-state index is 0.188. The molecule has 4 atom stereocenters. The van der Waals surface area contributed by atoms with E-state index in [2.05, 4.69) is 15.6 Å². The Bertz CT molecular complexity index is 1330. The molecule has 0 spiro atoms. The Hall–Kier alpha value is -3.56. The number of nitrogens with one attached hydrogen (secondary N) is 2. The van der Waals surface area contributed by atoms with Crippen molar-refractivity contribution in [3.8, 4) is 11.5 Å². The summed E-state index contributed by atoms with van der Waals surface area (Å²) in [7, 11) is 0. The SMILES string of the molecule is Cc1cc(Oc2ccccc2)ccc1N1C(=O)NC2c3c1ccnc3SC2C(=O)N[C@@H]1CCC[C@H]1O. The van der Waals surface area contributed by atoms with Gasteiger partial charge in [0, 0.05) is 11.8 Å². The van der Waals surface area contributed by atoms with Crippen LogP contribution in [0.25, 0.3) is 0 Å². The van der Waals surface area contributed by atoms with Crippen LogP contribution in [-0.2, 0) is 4.79 Å². The van der Waals surface area contributed by atoms with Crippen molar-refractivity contribution in [2.24, 2.45) is 0 Å². The Kier molecular flexibility index (Phi) is 5.81. The normalized spacial score (nSPS) is 24.3. The molecule has 3 aliphatic rings. The monoisotopic (exact) mass is 502 g/mol. The van der Waals surface area contributed by atoms with Crippen molar-refractivity contribution in [3.05, 3.63) is 71.9 Å². The highest BCUT2D eigenvalue weighted by Crippen LogP contribution is 2.51. The molecule has 9 heteroatoms. The van der Waals surface area contributed by atoms with Gasteiger partial charge < -0.3 is 20.5 Å². The van der Waals surface area contributed by atoms with Crippen LogP contribution >= 0.6 is 11.8 Å². The molecule has 2 aliphatic heterocycles. The molecular weight excluding hydrogens is 476 g/mol. The van der Waals surface area contributed by atoms with Crippen molar-refractivity contribution in [2.75, 3.05) is 4.90 Å². The highest BCUT2D eigenvalue weighted by molar-refractivity contribution is 8.01. The first-order valence-corrected chi connectivity index (χ1v) is 13.0. The third-order valence-corrected chi connectivity index (χ3v) is 8.25. The number of ether oxygens (including phenoxy) is 1. The average Bonchev–Trinajstić information content (AvgIpc) is 3.45. The number of carbonyl (C=O) groups excluding carboxylic acids is 2. The summed E-state index contributed by atoms with van der Waals surface area (Å²) in [5.41, 5.74) is 3.17. The van der Waals surface area contributed by atoms with Crippen LogP contribution in [0.4, 0.5) is 16.2 Å². The Morgan fingerprint density at radius 1 is 1.14 bits per heavy atom. The number of anilines is 2. The molecule has 36 heavy (non-hydrogen) atoms. The van der Waals surface area contributed by atoms with Crippen molar-refractivity contribution >= 4 is 35.1 Å². The number of aromatic nitrogens is 1. The molecule has 0 saturated heterocycles. The van der Waals surface area contributed by atoms with E-state index in [4.69, 9.17) is 4.74 Å². The summed E-state index contributed by atoms with van der Waals surface area (Å²) in [5.74, 6) is 1.23. The summed E-state index contributed by atoms with van der Waals surface area (Å²) in [4.78, 5) is 32.7. The zero-order chi connectivity index (χ0) is 24.8. The highest BCUT2D eigenvalue weighted by atomic mass is 32.2. The van der Waals surface area contributed by atoms with Crippen molar-refractivity contribution in [3.63, 3.8) is 0 Å². The fraction of sp³-hybridized carbons (Fsp3) is 0.296. The molecule has 3 amide bonds. The predicted octanol–water partition coefficient (Wildman–Crippen LogP) is 4.59. The molecule has 3 N–H and O–H groups in total. The topological polar surface area (TPSA) is 104 Å². The standard InChI is InChI=1S/C27H26N4O4S/c1-15-14-17(35-16-6-3-2-4-7-16)10-11-19(15)31-20-12-13-28-26-22(20)23(30-27(31)34)24(36-26)25(33)29-18-8-5-9-21(18)32/h2-4,6-7,10-14,18,21,23-24,32H,5,8-9H2,1H3,(H,29,33)(H,30,34)/t18-,21-,23?,24?/m1/s1. The van der Waals surface area contributed by atoms with E-state index in [9.17, 15) is 14.7 Å². The summed E-state index contributed by atoms with van der Waals surface area (Å²) in [5, 5.41) is 16.4. The Labute approximate surface area is 213 Å². The number of thioether (sulfide) groups is 1. The van der Waals surface area contributed by atoms with E-state index in [1.165, 1.54) is 11.8 Å². The van der Waals surface area contributed by atoms with Gasteiger partial charge in [-0.15, -0.1) is 0 Å². The molecule has 1 aliphatic carbocycles. The fourth-order valence-corrected chi connectivity index (χ4v) is 6.44. The van der Waals surface area contributed by atoms with Gasteiger partial charge in [-0.1, -0.05) is 30.0 Å². The van der Waals surface area contributed by atoms with Crippen LogP contribution < -0.4 is 20.3 Å². The molecule has 3 aromatic rings. The van der Waals surface area contributed by atoms with Crippen molar-refractivity contribution in [2.45, 2.75) is 54.6 Å². The lowest BCUT2D eigenvalue weighted by Crippen LogP contribution is -2.51. The van der Waals surface area contributed by atoms with Crippen LogP contribution in [0, 0.1) is 6.92 Å². The molecule has 8 nitrogen and oxygen atoms in total. The van der Waals surface area contributed by atoms with E-state index >= 15 is 0 Å². The van der Waals surface area contributed by atoms with Crippen LogP contribution in [0.2, 0.25) is 0 Å². The number of aliphatic hydroxyl groups excluding tert-OH is 1. The number of pyridine rings is 1. The molecule has 0 bridgehead atoms. The second-order valence-electron chi connectivity index (χ2n) is 9.33. The van der Waals surface area contributed by atoms with Crippen molar-refractivity contribution in [1.29, 1.82) is 0 Å². The van der Waals surface area contributed by atoms with Gasteiger partial charge in [-0.2, -0.15) is 0 Å². The largest absolute Gasteiger partial charge is 0.457 e. The lowest BCUT2D eigenvalue weighted by atomic mass is 9.99. The van der Waals surface area contributed by atoms with Crippen LogP contribution in [0.5, 0.6) is 11.5 Å². The van der Waals surface area contributed by atoms with Gasteiger partial charge in [-0.05, 0) is 68.1 Å². The van der Waals surface area contributed by atoms with E-state index in [1.807, 2.05) is 61.5 Å². The van der Waals surface area contributed by atoms with Crippen LogP contribution in [0.3, 0.4) is 0 Å². The Balaban J connectivity index is 1.28. The molecular formula is C27H26N4O4S. The molecule has 3 heterocycles. The van der Waals surface area contributed by atoms with Crippen molar-refractivity contribution in [1.82, 2.24) is 15.6 Å². The Morgan fingerprint density at radius 3 is 2.72 bits per heavy atom. The van der Waals surface area contributed by atoms with E-state index in [1.54, 1.807) is 11.1 Å². The first kappa shape index (κ1) is 22.9. The number of hydrogen-bond acceptors (Lipinski definition) is 6. The molecule has 0 radical (unpaired) electrons. The number of carbonyl (C=O) groups is 2. The number of para-hydroxylation sites is 1. The lowest BCUT2D eigenvalue weighted by molar-refractivity contribution is -0.122. The summed E-state index contributed by atoms with van der Waals surface area (Å²) >= 11 is 1.36. The quantitative estimate of drug-likeness (QED) is 0.472. The minimum Gasteiger partial charge on any atom is -0.457 e. The second kappa shape index (κ2) is 9.15. The van der Waals surface area contributed by atoms with Gasteiger partial charge in [0.1, 0.15) is 21.8 Å². The second-order valence-corrected chi connectivity index (χ2v) is 10.5. The van der Waals surface area contributed by atoms with Crippen molar-refractivity contribution < 1.29 is 19.4 Å². The van der Waals surface area contributed by atoms with Crippen LogP contribution in [0.15, 0.2) is 65.8 Å².